The number of carbonyl (C=O) groups is 1. The minimum atomic E-state index is -0.580. The number of benzene rings is 2. The highest BCUT2D eigenvalue weighted by Crippen LogP contribution is 2.28. The van der Waals surface area contributed by atoms with Crippen molar-refractivity contribution >= 4 is 44.8 Å². The molecule has 0 N–H and O–H groups in total. The van der Waals surface area contributed by atoms with Crippen molar-refractivity contribution in [2.45, 2.75) is 13.0 Å². The van der Waals surface area contributed by atoms with Crippen molar-refractivity contribution in [3.8, 4) is 11.4 Å². The van der Waals surface area contributed by atoms with Crippen LogP contribution in [0.5, 0.6) is 5.75 Å². The molecule has 0 radical (unpaired) electrons. The van der Waals surface area contributed by atoms with Crippen LogP contribution in [0.4, 0.5) is 5.69 Å². The van der Waals surface area contributed by atoms with E-state index in [2.05, 4.69) is 21.0 Å². The number of carbonyl (C=O) groups excluding carboxylic acids is 1. The van der Waals surface area contributed by atoms with Gasteiger partial charge in [-0.1, -0.05) is 11.6 Å². The van der Waals surface area contributed by atoms with Gasteiger partial charge in [-0.15, -0.1) is 0 Å². The number of aromatic nitrogens is 3. The quantitative estimate of drug-likeness (QED) is 0.276. The Hall–Kier alpha value is -3.70. The van der Waals surface area contributed by atoms with E-state index < -0.39 is 4.92 Å². The number of methoxy groups -OCH3 is 1. The number of hydrogen-bond donors (Lipinski definition) is 0. The first-order chi connectivity index (χ1) is 16.8. The van der Waals surface area contributed by atoms with Gasteiger partial charge < -0.3 is 9.64 Å². The molecule has 0 saturated carbocycles. The summed E-state index contributed by atoms with van der Waals surface area (Å²) in [5.41, 5.74) is 1.04. The van der Waals surface area contributed by atoms with Crippen molar-refractivity contribution in [3.05, 3.63) is 95.4 Å². The number of halogens is 2. The lowest BCUT2D eigenvalue weighted by Crippen LogP contribution is -2.41. The molecular formula is C23H17BrClN5O5. The van der Waals surface area contributed by atoms with Gasteiger partial charge >= 0.3 is 5.69 Å². The van der Waals surface area contributed by atoms with Gasteiger partial charge in [0.25, 0.3) is 11.5 Å². The number of rotatable bonds is 4. The summed E-state index contributed by atoms with van der Waals surface area (Å²) in [6.07, 6.45) is 1.38. The maximum Gasteiger partial charge on any atom is 0.332 e. The van der Waals surface area contributed by atoms with Gasteiger partial charge in [0.2, 0.25) is 5.65 Å². The van der Waals surface area contributed by atoms with Crippen LogP contribution in [0.2, 0.25) is 5.02 Å². The minimum Gasteiger partial charge on any atom is -0.497 e. The summed E-state index contributed by atoms with van der Waals surface area (Å²) in [6.45, 7) is 0.363. The van der Waals surface area contributed by atoms with E-state index in [9.17, 15) is 19.7 Å². The molecule has 5 rings (SSSR count). The van der Waals surface area contributed by atoms with Crippen LogP contribution in [-0.4, -0.2) is 43.6 Å². The second kappa shape index (κ2) is 8.82. The van der Waals surface area contributed by atoms with Gasteiger partial charge in [0, 0.05) is 22.1 Å². The molecule has 4 aromatic rings. The zero-order valence-electron chi connectivity index (χ0n) is 18.3. The van der Waals surface area contributed by atoms with Gasteiger partial charge in [0.15, 0.2) is 0 Å². The van der Waals surface area contributed by atoms with Gasteiger partial charge in [-0.05, 0) is 64.8 Å². The van der Waals surface area contributed by atoms with E-state index in [0.717, 1.165) is 6.20 Å². The Bertz CT molecular complexity index is 1560. The third-order valence-corrected chi connectivity index (χ3v) is 7.19. The number of nitrogens with zero attached hydrogens (tertiary/aromatic N) is 5. The van der Waals surface area contributed by atoms with E-state index in [4.69, 9.17) is 16.3 Å². The molecule has 1 aliphatic heterocycles. The van der Waals surface area contributed by atoms with E-state index in [1.165, 1.54) is 16.2 Å². The fraction of sp³-hybridized carbons (Fsp3) is 0.174. The van der Waals surface area contributed by atoms with Crippen LogP contribution in [0.15, 0.2) is 57.9 Å². The minimum absolute atomic E-state index is 0.0184. The Morgan fingerprint density at radius 3 is 2.63 bits per heavy atom. The van der Waals surface area contributed by atoms with E-state index in [1.807, 2.05) is 0 Å². The van der Waals surface area contributed by atoms with Crippen LogP contribution in [-0.2, 0) is 13.0 Å². The summed E-state index contributed by atoms with van der Waals surface area (Å²) in [5, 5.41) is 16.4. The van der Waals surface area contributed by atoms with Crippen LogP contribution in [0.25, 0.3) is 11.3 Å². The van der Waals surface area contributed by atoms with Crippen molar-refractivity contribution in [2.75, 3.05) is 13.7 Å². The first kappa shape index (κ1) is 23.1. The molecule has 0 bridgehead atoms. The average molecular weight is 559 g/mol. The Morgan fingerprint density at radius 2 is 1.97 bits per heavy atom. The zero-order chi connectivity index (χ0) is 24.9. The molecule has 2 aromatic carbocycles. The topological polar surface area (TPSA) is 112 Å². The summed E-state index contributed by atoms with van der Waals surface area (Å²) in [6, 6.07) is 11.6. The Balaban J connectivity index is 1.65. The first-order valence-corrected chi connectivity index (χ1v) is 11.6. The van der Waals surface area contributed by atoms with Crippen molar-refractivity contribution in [2.24, 2.45) is 0 Å². The van der Waals surface area contributed by atoms with E-state index >= 15 is 0 Å². The van der Waals surface area contributed by atoms with Crippen LogP contribution in [0.1, 0.15) is 21.6 Å². The lowest BCUT2D eigenvalue weighted by atomic mass is 10.0. The third kappa shape index (κ3) is 3.86. The molecule has 0 spiro atoms. The van der Waals surface area contributed by atoms with Crippen LogP contribution < -0.4 is 10.3 Å². The fourth-order valence-corrected chi connectivity index (χ4v) is 4.65. The Kier molecular flexibility index (Phi) is 5.81. The molecule has 0 unspecified atom stereocenters. The number of ether oxygens (including phenoxy) is 1. The Labute approximate surface area is 211 Å². The van der Waals surface area contributed by atoms with Crippen molar-refractivity contribution in [1.29, 1.82) is 0 Å². The summed E-state index contributed by atoms with van der Waals surface area (Å²) in [5.74, 6) is 0.320. The highest BCUT2D eigenvalue weighted by molar-refractivity contribution is 9.10. The summed E-state index contributed by atoms with van der Waals surface area (Å²) in [7, 11) is 1.52. The molecule has 1 amide bonds. The molecule has 3 heterocycles. The lowest BCUT2D eigenvalue weighted by Gasteiger charge is -2.29. The lowest BCUT2D eigenvalue weighted by molar-refractivity contribution is -0.383. The highest BCUT2D eigenvalue weighted by atomic mass is 79.9. The second-order valence-corrected chi connectivity index (χ2v) is 9.15. The Morgan fingerprint density at radius 1 is 1.23 bits per heavy atom. The second-order valence-electron chi connectivity index (χ2n) is 7.89. The van der Waals surface area contributed by atoms with E-state index in [1.54, 1.807) is 47.4 Å². The predicted molar refractivity (Wildman–Crippen MR) is 132 cm³/mol. The standard InChI is InChI=1S/C23H17BrClN5O5/c1-35-15-5-3-14(4-6-15)28-21-19(30(33)34)11-26-29(21)20-12-27(9-8-16(20)23(28)32)22(31)13-2-7-17(24)18(25)10-13/h2-7,10-11H,8-9,12H2,1H3. The molecule has 1 aliphatic rings. The highest BCUT2D eigenvalue weighted by Gasteiger charge is 2.31. The zero-order valence-corrected chi connectivity index (χ0v) is 20.6. The molecule has 0 saturated heterocycles. The van der Waals surface area contributed by atoms with Gasteiger partial charge in [-0.3, -0.25) is 24.3 Å². The molecular weight excluding hydrogens is 542 g/mol. The molecule has 12 heteroatoms. The van der Waals surface area contributed by atoms with Gasteiger partial charge in [0.1, 0.15) is 11.9 Å². The third-order valence-electron chi connectivity index (χ3n) is 5.96. The predicted octanol–water partition coefficient (Wildman–Crippen LogP) is 4.02. The fourth-order valence-electron chi connectivity index (χ4n) is 4.23. The first-order valence-electron chi connectivity index (χ1n) is 10.5. The molecule has 35 heavy (non-hydrogen) atoms. The van der Waals surface area contributed by atoms with Crippen LogP contribution in [0.3, 0.4) is 0 Å². The van der Waals surface area contributed by atoms with Gasteiger partial charge in [0.05, 0.1) is 35.0 Å². The maximum atomic E-state index is 13.6. The smallest absolute Gasteiger partial charge is 0.332 e. The summed E-state index contributed by atoms with van der Waals surface area (Å²) >= 11 is 9.47. The van der Waals surface area contributed by atoms with Crippen molar-refractivity contribution in [1.82, 2.24) is 19.1 Å². The van der Waals surface area contributed by atoms with E-state index in [0.29, 0.717) is 44.3 Å². The monoisotopic (exact) mass is 557 g/mol. The number of hydrogen-bond acceptors (Lipinski definition) is 6. The van der Waals surface area contributed by atoms with Crippen molar-refractivity contribution in [3.63, 3.8) is 0 Å². The van der Waals surface area contributed by atoms with E-state index in [-0.39, 0.29) is 35.8 Å². The molecule has 10 nitrogen and oxygen atoms in total. The molecule has 0 aliphatic carbocycles. The molecule has 178 valence electrons. The largest absolute Gasteiger partial charge is 0.497 e. The SMILES string of the molecule is COc1ccc(-n2c(=O)c3c(n4ncc([N+](=O)[O-])c24)CN(C(=O)c2ccc(Br)c(Cl)c2)CC3)cc1. The molecule has 0 fully saturated rings. The summed E-state index contributed by atoms with van der Waals surface area (Å²) < 4.78 is 8.52. The molecule has 0 atom stereocenters. The number of fused-ring (bicyclic) bond motifs is 3. The normalized spacial score (nSPS) is 13.1. The number of nitro groups is 1. The average Bonchev–Trinajstić information content (AvgIpc) is 3.31. The van der Waals surface area contributed by atoms with Crippen molar-refractivity contribution < 1.29 is 14.5 Å². The van der Waals surface area contributed by atoms with Gasteiger partial charge in [-0.2, -0.15) is 5.10 Å². The van der Waals surface area contributed by atoms with Crippen LogP contribution in [0, 0.1) is 10.1 Å². The number of amides is 1. The van der Waals surface area contributed by atoms with Gasteiger partial charge in [-0.25, -0.2) is 4.52 Å². The maximum absolute atomic E-state index is 13.6. The molecule has 2 aromatic heterocycles. The van der Waals surface area contributed by atoms with Crippen LogP contribution >= 0.6 is 27.5 Å². The summed E-state index contributed by atoms with van der Waals surface area (Å²) in [4.78, 5) is 39.6.